The van der Waals surface area contributed by atoms with Crippen LogP contribution in [0.5, 0.6) is 0 Å². The van der Waals surface area contributed by atoms with E-state index in [1.165, 1.54) is 11.8 Å². The maximum absolute atomic E-state index is 13.0. The van der Waals surface area contributed by atoms with Gasteiger partial charge in [0.05, 0.1) is 5.25 Å². The summed E-state index contributed by atoms with van der Waals surface area (Å²) in [7, 11) is 0. The van der Waals surface area contributed by atoms with Crippen molar-refractivity contribution in [3.05, 3.63) is 66.4 Å². The van der Waals surface area contributed by atoms with Crippen LogP contribution in [0.25, 0.3) is 22.3 Å². The van der Waals surface area contributed by atoms with E-state index in [0.29, 0.717) is 0 Å². The van der Waals surface area contributed by atoms with Gasteiger partial charge < -0.3 is 9.55 Å². The second-order valence-electron chi connectivity index (χ2n) is 6.29. The lowest BCUT2D eigenvalue weighted by Crippen LogP contribution is -2.14. The maximum atomic E-state index is 13.0. The van der Waals surface area contributed by atoms with Crippen molar-refractivity contribution in [3.63, 3.8) is 0 Å². The molecule has 2 aromatic carbocycles. The number of aromatic nitrogens is 4. The van der Waals surface area contributed by atoms with Crippen LogP contribution in [-0.4, -0.2) is 30.8 Å². The van der Waals surface area contributed by atoms with Gasteiger partial charge >= 0.3 is 0 Å². The van der Waals surface area contributed by atoms with Crippen LogP contribution in [0.4, 0.5) is 0 Å². The molecule has 0 radical (unpaired) electrons. The predicted molar refractivity (Wildman–Crippen MR) is 109 cm³/mol. The van der Waals surface area contributed by atoms with Crippen molar-refractivity contribution in [3.8, 4) is 11.4 Å². The standard InChI is InChI=1S/C21H20N4OS/c1-3-25-20(15-9-5-4-6-10-15)23-24-21(25)27-14(2)19(26)17-13-22-18-12-8-7-11-16(17)18/h4-14,22H,3H2,1-2H3/t14-/m0/s1. The molecule has 0 bridgehead atoms. The number of carbonyl (C=O) groups excluding carboxylic acids is 1. The average Bonchev–Trinajstić information content (AvgIpc) is 3.32. The third-order valence-electron chi connectivity index (χ3n) is 4.57. The van der Waals surface area contributed by atoms with Crippen molar-refractivity contribution in [1.29, 1.82) is 0 Å². The molecule has 4 aromatic rings. The highest BCUT2D eigenvalue weighted by Gasteiger charge is 2.23. The molecule has 0 unspecified atom stereocenters. The van der Waals surface area contributed by atoms with E-state index in [0.717, 1.165) is 39.6 Å². The van der Waals surface area contributed by atoms with Gasteiger partial charge in [-0.25, -0.2) is 0 Å². The summed E-state index contributed by atoms with van der Waals surface area (Å²) in [5.74, 6) is 0.914. The number of carbonyl (C=O) groups is 1. The van der Waals surface area contributed by atoms with Gasteiger partial charge in [-0.3, -0.25) is 4.79 Å². The monoisotopic (exact) mass is 376 g/mol. The average molecular weight is 376 g/mol. The molecule has 136 valence electrons. The highest BCUT2D eigenvalue weighted by molar-refractivity contribution is 8.00. The molecule has 2 heterocycles. The van der Waals surface area contributed by atoms with Crippen LogP contribution in [0.3, 0.4) is 0 Å². The van der Waals surface area contributed by atoms with E-state index in [9.17, 15) is 4.79 Å². The number of nitrogens with zero attached hydrogens (tertiary/aromatic N) is 3. The van der Waals surface area contributed by atoms with Gasteiger partial charge in [-0.05, 0) is 19.9 Å². The van der Waals surface area contributed by atoms with Gasteiger partial charge in [0, 0.05) is 34.8 Å². The summed E-state index contributed by atoms with van der Waals surface area (Å²) in [5, 5.41) is 10.2. The molecule has 0 amide bonds. The number of nitrogens with one attached hydrogen (secondary N) is 1. The van der Waals surface area contributed by atoms with Crippen LogP contribution in [-0.2, 0) is 6.54 Å². The quantitative estimate of drug-likeness (QED) is 0.387. The van der Waals surface area contributed by atoms with E-state index >= 15 is 0 Å². The molecule has 0 aliphatic rings. The fourth-order valence-corrected chi connectivity index (χ4v) is 4.15. The summed E-state index contributed by atoms with van der Waals surface area (Å²) in [5.41, 5.74) is 2.71. The highest BCUT2D eigenvalue weighted by atomic mass is 32.2. The van der Waals surface area contributed by atoms with Gasteiger partial charge in [0.15, 0.2) is 16.8 Å². The molecule has 4 rings (SSSR count). The first-order valence-corrected chi connectivity index (χ1v) is 9.82. The number of ketones is 1. The number of hydrogen-bond donors (Lipinski definition) is 1. The maximum Gasteiger partial charge on any atom is 0.192 e. The third kappa shape index (κ3) is 3.28. The lowest BCUT2D eigenvalue weighted by molar-refractivity contribution is 0.0995. The lowest BCUT2D eigenvalue weighted by atomic mass is 10.1. The first-order chi connectivity index (χ1) is 13.2. The Morgan fingerprint density at radius 2 is 1.85 bits per heavy atom. The van der Waals surface area contributed by atoms with Crippen molar-refractivity contribution in [2.75, 3.05) is 0 Å². The zero-order chi connectivity index (χ0) is 18.8. The Bertz CT molecular complexity index is 1080. The zero-order valence-electron chi connectivity index (χ0n) is 15.2. The van der Waals surface area contributed by atoms with Crippen molar-refractivity contribution < 1.29 is 4.79 Å². The molecule has 0 aliphatic carbocycles. The fraction of sp³-hybridized carbons (Fsp3) is 0.190. The Labute approximate surface area is 161 Å². The number of Topliss-reactive ketones (excluding diaryl/α,β-unsaturated/α-hetero) is 1. The molecular weight excluding hydrogens is 356 g/mol. The van der Waals surface area contributed by atoms with Gasteiger partial charge in [0.25, 0.3) is 0 Å². The van der Waals surface area contributed by atoms with Crippen LogP contribution < -0.4 is 0 Å². The minimum atomic E-state index is -0.262. The predicted octanol–water partition coefficient (Wildman–Crippen LogP) is 4.81. The summed E-state index contributed by atoms with van der Waals surface area (Å²) >= 11 is 1.45. The first kappa shape index (κ1) is 17.5. The van der Waals surface area contributed by atoms with E-state index in [1.54, 1.807) is 6.20 Å². The number of H-pyrrole nitrogens is 1. The summed E-state index contributed by atoms with van der Waals surface area (Å²) in [6, 6.07) is 17.8. The summed E-state index contributed by atoms with van der Waals surface area (Å²) in [6.07, 6.45) is 1.80. The topological polar surface area (TPSA) is 63.6 Å². The Kier molecular flexibility index (Phi) is 4.81. The molecule has 2 aromatic heterocycles. The van der Waals surface area contributed by atoms with Crippen LogP contribution >= 0.6 is 11.8 Å². The Morgan fingerprint density at radius 1 is 1.11 bits per heavy atom. The minimum absolute atomic E-state index is 0.0874. The van der Waals surface area contributed by atoms with Gasteiger partial charge in [0.2, 0.25) is 0 Å². The van der Waals surface area contributed by atoms with E-state index < -0.39 is 0 Å². The SMILES string of the molecule is CCn1c(S[C@@H](C)C(=O)c2c[nH]c3ccccc23)nnc1-c1ccccc1. The molecule has 6 heteroatoms. The van der Waals surface area contributed by atoms with Crippen LogP contribution in [0.15, 0.2) is 66.0 Å². The van der Waals surface area contributed by atoms with E-state index in [2.05, 4.69) is 26.7 Å². The Morgan fingerprint density at radius 3 is 2.63 bits per heavy atom. The zero-order valence-corrected chi connectivity index (χ0v) is 16.0. The second kappa shape index (κ2) is 7.40. The van der Waals surface area contributed by atoms with Crippen molar-refractivity contribution >= 4 is 28.4 Å². The summed E-state index contributed by atoms with van der Waals surface area (Å²) in [6.45, 7) is 4.73. The van der Waals surface area contributed by atoms with E-state index in [4.69, 9.17) is 0 Å². The number of para-hydroxylation sites is 1. The molecule has 0 spiro atoms. The largest absolute Gasteiger partial charge is 0.360 e. The number of thioether (sulfide) groups is 1. The Hall–Kier alpha value is -2.86. The smallest absolute Gasteiger partial charge is 0.192 e. The van der Waals surface area contributed by atoms with Crippen LogP contribution in [0.1, 0.15) is 24.2 Å². The molecule has 27 heavy (non-hydrogen) atoms. The van der Waals surface area contributed by atoms with Crippen LogP contribution in [0.2, 0.25) is 0 Å². The molecule has 0 aliphatic heterocycles. The normalized spacial score (nSPS) is 12.4. The Balaban J connectivity index is 1.60. The molecule has 1 N–H and O–H groups in total. The first-order valence-electron chi connectivity index (χ1n) is 8.94. The molecular formula is C21H20N4OS. The highest BCUT2D eigenvalue weighted by Crippen LogP contribution is 2.29. The van der Waals surface area contributed by atoms with Crippen molar-refractivity contribution in [2.45, 2.75) is 30.8 Å². The molecule has 0 saturated carbocycles. The van der Waals surface area contributed by atoms with Crippen molar-refractivity contribution in [2.24, 2.45) is 0 Å². The fourth-order valence-electron chi connectivity index (χ4n) is 3.17. The number of fused-ring (bicyclic) bond motifs is 1. The van der Waals surface area contributed by atoms with Crippen LogP contribution in [0, 0.1) is 0 Å². The van der Waals surface area contributed by atoms with Gasteiger partial charge in [-0.2, -0.15) is 0 Å². The number of benzene rings is 2. The molecule has 5 nitrogen and oxygen atoms in total. The lowest BCUT2D eigenvalue weighted by Gasteiger charge is -2.11. The summed E-state index contributed by atoms with van der Waals surface area (Å²) in [4.78, 5) is 16.2. The summed E-state index contributed by atoms with van der Waals surface area (Å²) < 4.78 is 2.05. The molecule has 0 fully saturated rings. The van der Waals surface area contributed by atoms with Gasteiger partial charge in [-0.15, -0.1) is 10.2 Å². The number of hydrogen-bond acceptors (Lipinski definition) is 4. The van der Waals surface area contributed by atoms with E-state index in [1.807, 2.05) is 61.5 Å². The third-order valence-corrected chi connectivity index (χ3v) is 5.65. The second-order valence-corrected chi connectivity index (χ2v) is 7.60. The van der Waals surface area contributed by atoms with Gasteiger partial charge in [-0.1, -0.05) is 60.3 Å². The minimum Gasteiger partial charge on any atom is -0.360 e. The number of aromatic amines is 1. The molecule has 1 atom stereocenters. The van der Waals surface area contributed by atoms with Crippen molar-refractivity contribution in [1.82, 2.24) is 19.7 Å². The number of rotatable bonds is 6. The van der Waals surface area contributed by atoms with E-state index in [-0.39, 0.29) is 11.0 Å². The molecule has 0 saturated heterocycles. The van der Waals surface area contributed by atoms with Gasteiger partial charge in [0.1, 0.15) is 0 Å².